The fourth-order valence-corrected chi connectivity index (χ4v) is 3.21. The van der Waals surface area contributed by atoms with Gasteiger partial charge in [-0.2, -0.15) is 5.10 Å². The highest BCUT2D eigenvalue weighted by molar-refractivity contribution is 5.92. The second-order valence-corrected chi connectivity index (χ2v) is 6.74. The lowest BCUT2D eigenvalue weighted by Gasteiger charge is -2.43. The van der Waals surface area contributed by atoms with Gasteiger partial charge in [0.15, 0.2) is 0 Å². The molecule has 24 heavy (non-hydrogen) atoms. The molecule has 3 heterocycles. The van der Waals surface area contributed by atoms with Crippen LogP contribution in [0.15, 0.2) is 12.3 Å². The van der Waals surface area contributed by atoms with E-state index < -0.39 is 5.60 Å². The highest BCUT2D eigenvalue weighted by Crippen LogP contribution is 2.25. The van der Waals surface area contributed by atoms with Crippen LogP contribution in [-0.4, -0.2) is 82.5 Å². The van der Waals surface area contributed by atoms with Crippen LogP contribution in [0.5, 0.6) is 0 Å². The first-order valence-corrected chi connectivity index (χ1v) is 8.20. The van der Waals surface area contributed by atoms with Gasteiger partial charge < -0.3 is 19.3 Å². The van der Waals surface area contributed by atoms with Gasteiger partial charge in [-0.15, -0.1) is 0 Å². The maximum absolute atomic E-state index is 12.7. The Balaban J connectivity index is 1.78. The van der Waals surface area contributed by atoms with Crippen molar-refractivity contribution in [2.45, 2.75) is 25.5 Å². The molecule has 132 valence electrons. The van der Waals surface area contributed by atoms with Crippen molar-refractivity contribution in [2.24, 2.45) is 7.05 Å². The lowest BCUT2D eigenvalue weighted by Crippen LogP contribution is -2.60. The van der Waals surface area contributed by atoms with Crippen LogP contribution in [0.2, 0.25) is 0 Å². The molecular weight excluding hydrogens is 312 g/mol. The highest BCUT2D eigenvalue weighted by atomic mass is 16.5. The molecule has 1 unspecified atom stereocenters. The summed E-state index contributed by atoms with van der Waals surface area (Å²) in [6.45, 7) is 6.03. The van der Waals surface area contributed by atoms with Gasteiger partial charge in [0.2, 0.25) is 5.91 Å². The van der Waals surface area contributed by atoms with Crippen molar-refractivity contribution in [1.29, 1.82) is 0 Å². The predicted octanol–water partition coefficient (Wildman–Crippen LogP) is -0.101. The van der Waals surface area contributed by atoms with Crippen LogP contribution >= 0.6 is 0 Å². The minimum atomic E-state index is -0.681. The number of aromatic nitrogens is 2. The molecule has 8 heteroatoms. The van der Waals surface area contributed by atoms with Crippen molar-refractivity contribution in [3.63, 3.8) is 0 Å². The molecule has 0 saturated carbocycles. The predicted molar refractivity (Wildman–Crippen MR) is 85.5 cm³/mol. The van der Waals surface area contributed by atoms with Crippen LogP contribution in [0, 0.1) is 0 Å². The van der Waals surface area contributed by atoms with E-state index in [1.807, 2.05) is 13.8 Å². The smallest absolute Gasteiger partial charge is 0.274 e. The van der Waals surface area contributed by atoms with E-state index in [4.69, 9.17) is 9.47 Å². The monoisotopic (exact) mass is 336 g/mol. The Labute approximate surface area is 141 Å². The van der Waals surface area contributed by atoms with E-state index in [0.29, 0.717) is 38.5 Å². The maximum Gasteiger partial charge on any atom is 0.274 e. The molecule has 3 rings (SSSR count). The number of morpholine rings is 1. The van der Waals surface area contributed by atoms with E-state index >= 15 is 0 Å². The van der Waals surface area contributed by atoms with E-state index in [9.17, 15) is 9.59 Å². The Kier molecular flexibility index (Phi) is 4.60. The number of aryl methyl sites for hydroxylation is 1. The second-order valence-electron chi connectivity index (χ2n) is 6.74. The first-order valence-electron chi connectivity index (χ1n) is 8.20. The summed E-state index contributed by atoms with van der Waals surface area (Å²) < 4.78 is 13.2. The molecule has 2 amide bonds. The third-order valence-electron chi connectivity index (χ3n) is 4.46. The van der Waals surface area contributed by atoms with Crippen molar-refractivity contribution in [1.82, 2.24) is 19.6 Å². The molecule has 0 bridgehead atoms. The zero-order valence-electron chi connectivity index (χ0n) is 14.4. The van der Waals surface area contributed by atoms with Gasteiger partial charge >= 0.3 is 0 Å². The van der Waals surface area contributed by atoms with Crippen LogP contribution in [0.1, 0.15) is 24.3 Å². The van der Waals surface area contributed by atoms with E-state index in [2.05, 4.69) is 5.10 Å². The minimum absolute atomic E-state index is 0.0429. The summed E-state index contributed by atoms with van der Waals surface area (Å²) >= 11 is 0. The maximum atomic E-state index is 12.7. The first kappa shape index (κ1) is 16.9. The molecule has 1 atom stereocenters. The van der Waals surface area contributed by atoms with Crippen molar-refractivity contribution < 1.29 is 19.1 Å². The fourth-order valence-electron chi connectivity index (χ4n) is 3.21. The van der Waals surface area contributed by atoms with Crippen LogP contribution in [0.4, 0.5) is 0 Å². The summed E-state index contributed by atoms with van der Waals surface area (Å²) in [5, 5.41) is 4.18. The van der Waals surface area contributed by atoms with E-state index in [0.717, 1.165) is 0 Å². The van der Waals surface area contributed by atoms with Crippen LogP contribution in [-0.2, 0) is 21.3 Å². The zero-order chi connectivity index (χ0) is 17.3. The average molecular weight is 336 g/mol. The van der Waals surface area contributed by atoms with Gasteiger partial charge in [0.25, 0.3) is 5.91 Å². The van der Waals surface area contributed by atoms with Gasteiger partial charge in [-0.1, -0.05) is 0 Å². The molecule has 0 radical (unpaired) electrons. The Hall–Kier alpha value is -1.93. The molecule has 8 nitrogen and oxygen atoms in total. The largest absolute Gasteiger partial charge is 0.368 e. The van der Waals surface area contributed by atoms with Gasteiger partial charge in [0, 0.05) is 25.8 Å². The topological polar surface area (TPSA) is 76.9 Å². The lowest BCUT2D eigenvalue weighted by atomic mass is 10.0. The van der Waals surface area contributed by atoms with Crippen LogP contribution < -0.4 is 0 Å². The molecule has 0 aliphatic carbocycles. The SMILES string of the molecule is CC(C)N1CC2(COCC1=O)CN(C(=O)c1ccn(C)n1)CCO2. The third-order valence-corrected chi connectivity index (χ3v) is 4.46. The first-order chi connectivity index (χ1) is 11.4. The average Bonchev–Trinajstić information content (AvgIpc) is 2.91. The van der Waals surface area contributed by atoms with Gasteiger partial charge in [0.1, 0.15) is 17.9 Å². The van der Waals surface area contributed by atoms with E-state index in [-0.39, 0.29) is 24.5 Å². The number of rotatable bonds is 2. The van der Waals surface area contributed by atoms with Gasteiger partial charge in [-0.25, -0.2) is 0 Å². The number of hydrogen-bond donors (Lipinski definition) is 0. The number of carbonyl (C=O) groups is 2. The molecule has 2 fully saturated rings. The number of hydrogen-bond acceptors (Lipinski definition) is 5. The number of amides is 2. The van der Waals surface area contributed by atoms with Gasteiger partial charge in [-0.3, -0.25) is 14.3 Å². The van der Waals surface area contributed by atoms with E-state index in [1.54, 1.807) is 33.8 Å². The Bertz CT molecular complexity index is 629. The number of ether oxygens (including phenoxy) is 2. The zero-order valence-corrected chi connectivity index (χ0v) is 14.4. The summed E-state index contributed by atoms with van der Waals surface area (Å²) in [4.78, 5) is 28.4. The summed E-state index contributed by atoms with van der Waals surface area (Å²) in [5.74, 6) is -0.163. The fraction of sp³-hybridized carbons (Fsp3) is 0.688. The number of nitrogens with zero attached hydrogens (tertiary/aromatic N) is 4. The van der Waals surface area contributed by atoms with Crippen molar-refractivity contribution in [3.05, 3.63) is 18.0 Å². The lowest BCUT2D eigenvalue weighted by molar-refractivity contribution is -0.140. The molecular formula is C16H24N4O4. The van der Waals surface area contributed by atoms with Crippen molar-refractivity contribution in [2.75, 3.05) is 39.5 Å². The second kappa shape index (κ2) is 6.52. The third kappa shape index (κ3) is 3.29. The quantitative estimate of drug-likeness (QED) is 0.754. The summed E-state index contributed by atoms with van der Waals surface area (Å²) in [5.41, 5.74) is -0.264. The van der Waals surface area contributed by atoms with Crippen LogP contribution in [0.25, 0.3) is 0 Å². The Morgan fingerprint density at radius 2 is 2.17 bits per heavy atom. The normalized spacial score (nSPS) is 25.4. The highest BCUT2D eigenvalue weighted by Gasteiger charge is 2.44. The van der Waals surface area contributed by atoms with Crippen LogP contribution in [0.3, 0.4) is 0 Å². The minimum Gasteiger partial charge on any atom is -0.368 e. The molecule has 1 aromatic heterocycles. The molecule has 0 N–H and O–H groups in total. The summed E-state index contributed by atoms with van der Waals surface area (Å²) in [6, 6.07) is 1.76. The number of carbonyl (C=O) groups excluding carboxylic acids is 2. The molecule has 1 spiro atoms. The van der Waals surface area contributed by atoms with Gasteiger partial charge in [-0.05, 0) is 19.9 Å². The molecule has 2 aliphatic rings. The van der Waals surface area contributed by atoms with Crippen molar-refractivity contribution >= 4 is 11.8 Å². The van der Waals surface area contributed by atoms with Crippen molar-refractivity contribution in [3.8, 4) is 0 Å². The molecule has 2 aliphatic heterocycles. The summed E-state index contributed by atoms with van der Waals surface area (Å²) in [6.07, 6.45) is 1.75. The van der Waals surface area contributed by atoms with Gasteiger partial charge in [0.05, 0.1) is 26.3 Å². The Morgan fingerprint density at radius 3 is 2.83 bits per heavy atom. The molecule has 1 aromatic rings. The standard InChI is InChI=1S/C16H24N4O4/c1-12(2)20-10-16(11-23-8-14(20)21)9-19(6-7-24-16)15(22)13-4-5-18(3)17-13/h4-5,12H,6-11H2,1-3H3. The molecule has 0 aromatic carbocycles. The summed E-state index contributed by atoms with van der Waals surface area (Å²) in [7, 11) is 1.78. The molecule has 2 saturated heterocycles. The van der Waals surface area contributed by atoms with E-state index in [1.165, 1.54) is 0 Å². The Morgan fingerprint density at radius 1 is 1.38 bits per heavy atom.